The van der Waals surface area contributed by atoms with E-state index in [0.717, 1.165) is 11.4 Å². The molecule has 6 heteroatoms. The highest BCUT2D eigenvalue weighted by atomic mass is 16.5. The molecular weight excluding hydrogens is 246 g/mol. The summed E-state index contributed by atoms with van der Waals surface area (Å²) in [5, 5.41) is 0. The van der Waals surface area contributed by atoms with Gasteiger partial charge in [0.15, 0.2) is 6.04 Å². The molecule has 1 unspecified atom stereocenters. The van der Waals surface area contributed by atoms with E-state index in [9.17, 15) is 9.59 Å². The molecule has 2 N–H and O–H groups in total. The standard InChI is InChI=1S/C13H19N3O3/c1-4-19-13(18)11(14)12(17)16(3)8-10-7-5-6-9(2)15-10/h5-7,11H,4,8,14H2,1-3H3. The number of esters is 1. The van der Waals surface area contributed by atoms with Crippen LogP contribution in [0, 0.1) is 6.92 Å². The van der Waals surface area contributed by atoms with Gasteiger partial charge < -0.3 is 15.4 Å². The Morgan fingerprint density at radius 2 is 2.16 bits per heavy atom. The van der Waals surface area contributed by atoms with Crippen molar-refractivity contribution in [3.8, 4) is 0 Å². The maximum atomic E-state index is 11.9. The molecule has 1 aromatic rings. The van der Waals surface area contributed by atoms with Crippen molar-refractivity contribution in [2.45, 2.75) is 26.4 Å². The van der Waals surface area contributed by atoms with Gasteiger partial charge in [0, 0.05) is 12.7 Å². The van der Waals surface area contributed by atoms with Gasteiger partial charge in [0.05, 0.1) is 18.8 Å². The van der Waals surface area contributed by atoms with Crippen molar-refractivity contribution in [3.05, 3.63) is 29.6 Å². The fourth-order valence-electron chi connectivity index (χ4n) is 1.58. The van der Waals surface area contributed by atoms with Crippen LogP contribution in [0.3, 0.4) is 0 Å². The van der Waals surface area contributed by atoms with E-state index in [1.54, 1.807) is 14.0 Å². The number of pyridine rings is 1. The number of carbonyl (C=O) groups is 2. The van der Waals surface area contributed by atoms with Gasteiger partial charge in [-0.3, -0.25) is 9.78 Å². The van der Waals surface area contributed by atoms with Gasteiger partial charge in [0.25, 0.3) is 5.91 Å². The number of rotatable bonds is 5. The van der Waals surface area contributed by atoms with Crippen LogP contribution < -0.4 is 5.73 Å². The Labute approximate surface area is 112 Å². The second kappa shape index (κ2) is 6.84. The molecule has 1 atom stereocenters. The Hall–Kier alpha value is -1.95. The van der Waals surface area contributed by atoms with E-state index in [1.165, 1.54) is 4.90 Å². The summed E-state index contributed by atoms with van der Waals surface area (Å²) >= 11 is 0. The molecule has 1 heterocycles. The lowest BCUT2D eigenvalue weighted by Crippen LogP contribution is -2.47. The molecule has 0 aliphatic carbocycles. The Morgan fingerprint density at radius 1 is 1.47 bits per heavy atom. The predicted molar refractivity (Wildman–Crippen MR) is 70.1 cm³/mol. The summed E-state index contributed by atoms with van der Waals surface area (Å²) in [6.07, 6.45) is 0. The van der Waals surface area contributed by atoms with Crippen molar-refractivity contribution in [1.82, 2.24) is 9.88 Å². The third-order valence-electron chi connectivity index (χ3n) is 2.53. The van der Waals surface area contributed by atoms with Crippen LogP contribution >= 0.6 is 0 Å². The topological polar surface area (TPSA) is 85.5 Å². The maximum absolute atomic E-state index is 11.9. The van der Waals surface area contributed by atoms with Crippen molar-refractivity contribution in [3.63, 3.8) is 0 Å². The average Bonchev–Trinajstić information content (AvgIpc) is 2.37. The molecule has 6 nitrogen and oxygen atoms in total. The van der Waals surface area contributed by atoms with Crippen molar-refractivity contribution >= 4 is 11.9 Å². The lowest BCUT2D eigenvalue weighted by atomic mass is 10.2. The second-order valence-corrected chi connectivity index (χ2v) is 4.19. The van der Waals surface area contributed by atoms with E-state index in [4.69, 9.17) is 10.5 Å². The molecule has 104 valence electrons. The van der Waals surface area contributed by atoms with Gasteiger partial charge in [-0.2, -0.15) is 0 Å². The third-order valence-corrected chi connectivity index (χ3v) is 2.53. The number of aryl methyl sites for hydroxylation is 1. The van der Waals surface area contributed by atoms with Gasteiger partial charge in [-0.1, -0.05) is 6.07 Å². The van der Waals surface area contributed by atoms with Gasteiger partial charge in [0.2, 0.25) is 0 Å². The molecule has 0 aliphatic heterocycles. The number of aromatic nitrogens is 1. The average molecular weight is 265 g/mol. The summed E-state index contributed by atoms with van der Waals surface area (Å²) in [5.41, 5.74) is 7.16. The van der Waals surface area contributed by atoms with E-state index in [-0.39, 0.29) is 6.61 Å². The molecule has 0 aliphatic rings. The molecule has 0 aromatic carbocycles. The molecule has 0 fully saturated rings. The maximum Gasteiger partial charge on any atom is 0.332 e. The summed E-state index contributed by atoms with van der Waals surface area (Å²) in [6.45, 7) is 4.03. The minimum atomic E-state index is -1.28. The van der Waals surface area contributed by atoms with Crippen LogP contribution in [0.1, 0.15) is 18.3 Å². The lowest BCUT2D eigenvalue weighted by Gasteiger charge is -2.20. The SMILES string of the molecule is CCOC(=O)C(N)C(=O)N(C)Cc1cccc(C)n1. The molecule has 1 aromatic heterocycles. The van der Waals surface area contributed by atoms with Crippen LogP contribution in [-0.2, 0) is 20.9 Å². The van der Waals surface area contributed by atoms with E-state index in [0.29, 0.717) is 6.54 Å². The lowest BCUT2D eigenvalue weighted by molar-refractivity contribution is -0.150. The van der Waals surface area contributed by atoms with Crippen molar-refractivity contribution in [2.75, 3.05) is 13.7 Å². The molecule has 1 rings (SSSR count). The van der Waals surface area contributed by atoms with Gasteiger partial charge in [-0.05, 0) is 26.0 Å². The number of hydrogen-bond acceptors (Lipinski definition) is 5. The largest absolute Gasteiger partial charge is 0.464 e. The first-order valence-electron chi connectivity index (χ1n) is 6.05. The number of carbonyl (C=O) groups excluding carboxylic acids is 2. The summed E-state index contributed by atoms with van der Waals surface area (Å²) in [7, 11) is 1.57. The quantitative estimate of drug-likeness (QED) is 0.609. The molecule has 0 spiro atoms. The fraction of sp³-hybridized carbons (Fsp3) is 0.462. The van der Waals surface area contributed by atoms with Crippen LogP contribution in [-0.4, -0.2) is 41.5 Å². The van der Waals surface area contributed by atoms with Gasteiger partial charge >= 0.3 is 5.97 Å². The molecule has 0 saturated carbocycles. The predicted octanol–water partition coefficient (Wildman–Crippen LogP) is 0.239. The number of nitrogens with zero attached hydrogens (tertiary/aromatic N) is 2. The molecule has 0 bridgehead atoms. The molecule has 0 saturated heterocycles. The summed E-state index contributed by atoms with van der Waals surface area (Å²) in [5.74, 6) is -1.20. The highest BCUT2D eigenvalue weighted by Gasteiger charge is 2.26. The second-order valence-electron chi connectivity index (χ2n) is 4.19. The zero-order chi connectivity index (χ0) is 14.4. The minimum absolute atomic E-state index is 0.197. The summed E-state index contributed by atoms with van der Waals surface area (Å²) in [6, 6.07) is 4.26. The number of amides is 1. The Kier molecular flexibility index (Phi) is 5.44. The smallest absolute Gasteiger partial charge is 0.332 e. The molecule has 1 amide bonds. The van der Waals surface area contributed by atoms with Gasteiger partial charge in [-0.15, -0.1) is 0 Å². The highest BCUT2D eigenvalue weighted by Crippen LogP contribution is 2.03. The van der Waals surface area contributed by atoms with E-state index in [2.05, 4.69) is 4.98 Å². The van der Waals surface area contributed by atoms with Crippen LogP contribution in [0.15, 0.2) is 18.2 Å². The van der Waals surface area contributed by atoms with Crippen LogP contribution in [0.25, 0.3) is 0 Å². The normalized spacial score (nSPS) is 11.8. The Bertz CT molecular complexity index is 462. The third kappa shape index (κ3) is 4.33. The minimum Gasteiger partial charge on any atom is -0.464 e. The number of hydrogen-bond donors (Lipinski definition) is 1. The first kappa shape index (κ1) is 15.1. The van der Waals surface area contributed by atoms with Crippen molar-refractivity contribution < 1.29 is 14.3 Å². The van der Waals surface area contributed by atoms with E-state index in [1.807, 2.05) is 25.1 Å². The zero-order valence-electron chi connectivity index (χ0n) is 11.4. The zero-order valence-corrected chi connectivity index (χ0v) is 11.4. The van der Waals surface area contributed by atoms with Crippen LogP contribution in [0.5, 0.6) is 0 Å². The Balaban J connectivity index is 2.64. The Morgan fingerprint density at radius 3 is 2.74 bits per heavy atom. The van der Waals surface area contributed by atoms with Crippen LogP contribution in [0.2, 0.25) is 0 Å². The van der Waals surface area contributed by atoms with Crippen LogP contribution in [0.4, 0.5) is 0 Å². The van der Waals surface area contributed by atoms with E-state index >= 15 is 0 Å². The summed E-state index contributed by atoms with van der Waals surface area (Å²) < 4.78 is 4.72. The summed E-state index contributed by atoms with van der Waals surface area (Å²) in [4.78, 5) is 29.0. The molecule has 0 radical (unpaired) electrons. The van der Waals surface area contributed by atoms with Crippen molar-refractivity contribution in [2.24, 2.45) is 5.73 Å². The molecular formula is C13H19N3O3. The number of ether oxygens (including phenoxy) is 1. The van der Waals surface area contributed by atoms with Crippen molar-refractivity contribution in [1.29, 1.82) is 0 Å². The first-order valence-corrected chi connectivity index (χ1v) is 6.05. The number of nitrogens with two attached hydrogens (primary N) is 1. The first-order chi connectivity index (χ1) is 8.95. The van der Waals surface area contributed by atoms with E-state index < -0.39 is 17.9 Å². The fourth-order valence-corrected chi connectivity index (χ4v) is 1.58. The highest BCUT2D eigenvalue weighted by molar-refractivity contribution is 6.01. The number of likely N-dealkylation sites (N-methyl/N-ethyl adjacent to an activating group) is 1. The van der Waals surface area contributed by atoms with Gasteiger partial charge in [-0.25, -0.2) is 4.79 Å². The molecule has 19 heavy (non-hydrogen) atoms. The van der Waals surface area contributed by atoms with Gasteiger partial charge in [0.1, 0.15) is 0 Å². The monoisotopic (exact) mass is 265 g/mol.